The van der Waals surface area contributed by atoms with Gasteiger partial charge in [-0.2, -0.15) is 0 Å². The molecular formula is C11H16N2O. The second-order valence-electron chi connectivity index (χ2n) is 3.77. The summed E-state index contributed by atoms with van der Waals surface area (Å²) in [6.45, 7) is 1.19. The van der Waals surface area contributed by atoms with Crippen LogP contribution in [0.1, 0.15) is 24.4 Å². The number of likely N-dealkylation sites (tertiary alicyclic amines) is 1. The average Bonchev–Trinajstić information content (AvgIpc) is 2.65. The largest absolute Gasteiger partial charge is 0.481 e. The number of hydrogen-bond donors (Lipinski definition) is 0. The Hall–Kier alpha value is -1.09. The predicted octanol–water partition coefficient (Wildman–Crippen LogP) is 1.86. The van der Waals surface area contributed by atoms with Crippen molar-refractivity contribution in [1.29, 1.82) is 0 Å². The quantitative estimate of drug-likeness (QED) is 0.715. The fourth-order valence-corrected chi connectivity index (χ4v) is 2.04. The van der Waals surface area contributed by atoms with Crippen molar-refractivity contribution in [3.63, 3.8) is 0 Å². The Bertz CT molecular complexity index is 297. The minimum Gasteiger partial charge on any atom is -0.481 e. The van der Waals surface area contributed by atoms with Crippen molar-refractivity contribution in [3.8, 4) is 5.88 Å². The fraction of sp³-hybridized carbons (Fsp3) is 0.545. The summed E-state index contributed by atoms with van der Waals surface area (Å²) in [5.41, 5.74) is 1.30. The molecule has 1 aliphatic rings. The van der Waals surface area contributed by atoms with E-state index in [-0.39, 0.29) is 0 Å². The molecule has 0 N–H and O–H groups in total. The number of rotatable bonds is 2. The third kappa shape index (κ3) is 1.73. The maximum absolute atomic E-state index is 5.03. The van der Waals surface area contributed by atoms with Crippen molar-refractivity contribution in [3.05, 3.63) is 23.9 Å². The first-order chi connectivity index (χ1) is 6.81. The molecule has 14 heavy (non-hydrogen) atoms. The smallest absolute Gasteiger partial charge is 0.212 e. The van der Waals surface area contributed by atoms with Crippen LogP contribution in [0.3, 0.4) is 0 Å². The van der Waals surface area contributed by atoms with Gasteiger partial charge >= 0.3 is 0 Å². The van der Waals surface area contributed by atoms with Crippen molar-refractivity contribution in [2.45, 2.75) is 18.9 Å². The van der Waals surface area contributed by atoms with Gasteiger partial charge in [-0.3, -0.25) is 4.90 Å². The van der Waals surface area contributed by atoms with E-state index in [9.17, 15) is 0 Å². The molecule has 76 valence electrons. The van der Waals surface area contributed by atoms with Crippen LogP contribution in [0.25, 0.3) is 0 Å². The van der Waals surface area contributed by atoms with Gasteiger partial charge in [-0.25, -0.2) is 4.98 Å². The molecule has 1 atom stereocenters. The third-order valence-corrected chi connectivity index (χ3v) is 2.87. The first-order valence-electron chi connectivity index (χ1n) is 5.01. The second kappa shape index (κ2) is 3.96. The highest BCUT2D eigenvalue weighted by atomic mass is 16.5. The van der Waals surface area contributed by atoms with Crippen molar-refractivity contribution in [2.24, 2.45) is 0 Å². The molecule has 1 fully saturated rings. The Kier molecular flexibility index (Phi) is 2.68. The molecule has 0 unspecified atom stereocenters. The maximum atomic E-state index is 5.03. The molecular weight excluding hydrogens is 176 g/mol. The number of ether oxygens (including phenoxy) is 1. The average molecular weight is 192 g/mol. The summed E-state index contributed by atoms with van der Waals surface area (Å²) in [6.07, 6.45) is 4.45. The third-order valence-electron chi connectivity index (χ3n) is 2.87. The standard InChI is InChI=1S/C11H16N2O/c1-13-7-3-4-10(13)9-5-6-11(14-2)12-8-9/h5-6,8,10H,3-4,7H2,1-2H3/t10-/m0/s1. The van der Waals surface area contributed by atoms with E-state index in [2.05, 4.69) is 23.0 Å². The molecule has 1 aliphatic heterocycles. The molecule has 0 spiro atoms. The molecule has 0 aromatic carbocycles. The van der Waals surface area contributed by atoms with E-state index in [0.29, 0.717) is 11.9 Å². The zero-order valence-electron chi connectivity index (χ0n) is 8.73. The van der Waals surface area contributed by atoms with E-state index in [1.54, 1.807) is 7.11 Å². The molecule has 2 heterocycles. The summed E-state index contributed by atoms with van der Waals surface area (Å²) >= 11 is 0. The molecule has 1 aromatic heterocycles. The molecule has 0 amide bonds. The minimum absolute atomic E-state index is 0.549. The molecule has 0 bridgehead atoms. The highest BCUT2D eigenvalue weighted by molar-refractivity contribution is 5.21. The summed E-state index contributed by atoms with van der Waals surface area (Å²) in [5, 5.41) is 0. The predicted molar refractivity (Wildman–Crippen MR) is 55.4 cm³/mol. The van der Waals surface area contributed by atoms with Gasteiger partial charge in [0.05, 0.1) is 7.11 Å². The topological polar surface area (TPSA) is 25.4 Å². The van der Waals surface area contributed by atoms with Crippen molar-refractivity contribution in [1.82, 2.24) is 9.88 Å². The number of nitrogens with zero attached hydrogens (tertiary/aromatic N) is 2. The summed E-state index contributed by atoms with van der Waals surface area (Å²) in [7, 11) is 3.81. The zero-order chi connectivity index (χ0) is 9.97. The Morgan fingerprint density at radius 2 is 2.36 bits per heavy atom. The van der Waals surface area contributed by atoms with E-state index < -0.39 is 0 Å². The monoisotopic (exact) mass is 192 g/mol. The lowest BCUT2D eigenvalue weighted by molar-refractivity contribution is 0.316. The van der Waals surface area contributed by atoms with Gasteiger partial charge in [0.2, 0.25) is 5.88 Å². The Morgan fingerprint density at radius 1 is 1.50 bits per heavy atom. The van der Waals surface area contributed by atoms with E-state index in [4.69, 9.17) is 4.74 Å². The lowest BCUT2D eigenvalue weighted by Crippen LogP contribution is -2.17. The molecule has 2 rings (SSSR count). The van der Waals surface area contributed by atoms with Crippen LogP contribution in [0.4, 0.5) is 0 Å². The first kappa shape index (κ1) is 9.46. The van der Waals surface area contributed by atoms with Crippen molar-refractivity contribution >= 4 is 0 Å². The number of methoxy groups -OCH3 is 1. The number of hydrogen-bond acceptors (Lipinski definition) is 3. The number of aromatic nitrogens is 1. The van der Waals surface area contributed by atoms with Crippen molar-refractivity contribution in [2.75, 3.05) is 20.7 Å². The number of pyridine rings is 1. The van der Waals surface area contributed by atoms with Gasteiger partial charge in [0, 0.05) is 18.3 Å². The highest BCUT2D eigenvalue weighted by Crippen LogP contribution is 2.30. The van der Waals surface area contributed by atoms with E-state index in [1.807, 2.05) is 12.3 Å². The summed E-state index contributed by atoms with van der Waals surface area (Å²) in [4.78, 5) is 6.61. The van der Waals surface area contributed by atoms with Crippen LogP contribution >= 0.6 is 0 Å². The maximum Gasteiger partial charge on any atom is 0.212 e. The fourth-order valence-electron chi connectivity index (χ4n) is 2.04. The molecule has 1 saturated heterocycles. The molecule has 0 aliphatic carbocycles. The van der Waals surface area contributed by atoms with Crippen LogP contribution in [-0.4, -0.2) is 30.6 Å². The lowest BCUT2D eigenvalue weighted by atomic mass is 10.1. The van der Waals surface area contributed by atoms with E-state index >= 15 is 0 Å². The van der Waals surface area contributed by atoms with Crippen LogP contribution in [0, 0.1) is 0 Å². The van der Waals surface area contributed by atoms with Crippen LogP contribution in [-0.2, 0) is 0 Å². The van der Waals surface area contributed by atoms with Gasteiger partial charge in [0.15, 0.2) is 0 Å². The van der Waals surface area contributed by atoms with Crippen LogP contribution in [0.2, 0.25) is 0 Å². The van der Waals surface area contributed by atoms with Gasteiger partial charge in [-0.1, -0.05) is 6.07 Å². The Balaban J connectivity index is 2.16. The normalized spacial score (nSPS) is 22.6. The summed E-state index contributed by atoms with van der Waals surface area (Å²) in [5.74, 6) is 0.689. The SMILES string of the molecule is COc1ccc([C@@H]2CCCN2C)cn1. The molecule has 0 radical (unpaired) electrons. The second-order valence-corrected chi connectivity index (χ2v) is 3.77. The van der Waals surface area contributed by atoms with Crippen LogP contribution < -0.4 is 4.74 Å². The van der Waals surface area contributed by atoms with Gasteiger partial charge < -0.3 is 4.74 Å². The Morgan fingerprint density at radius 3 is 2.86 bits per heavy atom. The molecule has 3 nitrogen and oxygen atoms in total. The van der Waals surface area contributed by atoms with Gasteiger partial charge in [0.25, 0.3) is 0 Å². The first-order valence-corrected chi connectivity index (χ1v) is 5.01. The van der Waals surface area contributed by atoms with Gasteiger partial charge in [0.1, 0.15) is 0 Å². The summed E-state index contributed by atoms with van der Waals surface area (Å²) in [6, 6.07) is 4.59. The zero-order valence-corrected chi connectivity index (χ0v) is 8.73. The highest BCUT2D eigenvalue weighted by Gasteiger charge is 2.22. The van der Waals surface area contributed by atoms with Gasteiger partial charge in [-0.05, 0) is 32.0 Å². The lowest BCUT2D eigenvalue weighted by Gasteiger charge is -2.19. The molecule has 1 aromatic rings. The van der Waals surface area contributed by atoms with Crippen LogP contribution in [0.5, 0.6) is 5.88 Å². The molecule has 0 saturated carbocycles. The van der Waals surface area contributed by atoms with E-state index in [0.717, 1.165) is 0 Å². The molecule has 3 heteroatoms. The van der Waals surface area contributed by atoms with Crippen molar-refractivity contribution < 1.29 is 4.74 Å². The summed E-state index contributed by atoms with van der Waals surface area (Å²) < 4.78 is 5.03. The van der Waals surface area contributed by atoms with E-state index in [1.165, 1.54) is 24.9 Å². The Labute approximate surface area is 84.7 Å². The minimum atomic E-state index is 0.549. The van der Waals surface area contributed by atoms with Gasteiger partial charge in [-0.15, -0.1) is 0 Å². The van der Waals surface area contributed by atoms with Crippen LogP contribution in [0.15, 0.2) is 18.3 Å².